The Morgan fingerprint density at radius 3 is 0.877 bits per heavy atom. The van der Waals surface area contributed by atoms with Crippen LogP contribution in [0.25, 0.3) is 0 Å². The summed E-state index contributed by atoms with van der Waals surface area (Å²) < 4.78 is 55.9. The van der Waals surface area contributed by atoms with Gasteiger partial charge in [0.05, 0.1) is 0 Å². The molecule has 0 fully saturated rings. The normalized spacial score (nSPS) is 11.9. The van der Waals surface area contributed by atoms with E-state index in [0.29, 0.717) is 55.0 Å². The molecular formula is C126H168N5O10P5. The van der Waals surface area contributed by atoms with Crippen LogP contribution in [0.15, 0.2) is 261 Å². The average Bonchev–Trinajstić information content (AvgIpc) is 0.776. The van der Waals surface area contributed by atoms with Crippen LogP contribution in [0, 0.1) is 55.4 Å². The van der Waals surface area contributed by atoms with Gasteiger partial charge in [0.25, 0.3) is 0 Å². The summed E-state index contributed by atoms with van der Waals surface area (Å²) in [5, 5.41) is 31.1. The van der Waals surface area contributed by atoms with Gasteiger partial charge < -0.3 is 74.0 Å². The van der Waals surface area contributed by atoms with Crippen LogP contribution >= 0.6 is 42.9 Å². The Balaban J connectivity index is 0.000000205. The van der Waals surface area contributed by atoms with E-state index in [1.807, 2.05) is 12.1 Å². The third-order valence-corrected chi connectivity index (χ3v) is 32.7. The maximum atomic E-state index is 6.27. The molecule has 0 amide bonds. The molecule has 0 aromatic heterocycles. The summed E-state index contributed by atoms with van der Waals surface area (Å²) in [6.07, 6.45) is 0. The minimum absolute atomic E-state index is 0.0138. The summed E-state index contributed by atoms with van der Waals surface area (Å²) >= 11 is 0. The predicted molar refractivity (Wildman–Crippen MR) is 632 cm³/mol. The molecule has 0 heterocycles. The van der Waals surface area contributed by atoms with E-state index in [1.54, 1.807) is 35.5 Å². The number of rotatable bonds is 43. The standard InChI is InChI=1S/C31H42NO2P.2C28H36NO2P.C20H28NO2P.C19H26NO2P/c1-22-13-12-16-24(20-32-19-23-14-10-9-11-15-23)29(22)35-27-18-25(30(2,3)4)17-26(31(5,6)7)28(27)34-21-33-8;1-20-15-24(28(3,4)5)26(31-19-30-6)25(16-20)32-27-21(2)11-10-14-23(27)18-29-17-22-12-8-7-9-13-22;1-20-11-10-14-23(18-29-17-22-12-8-7-9-13-22)27(20)32-25-16-24(28(3,4)5)15-21(2)26(25)31-19-30-6;1-14(2)21-12-17-10-6-9-16(4)20(17)24-18-11-7-8-15(3)19(18)23-13-22-5;1-14(2)20-12-16-9-7-8-15(3)19(16)23-18-11-6-5-10-17(18)22-13-21-4/h9-18,32,35H,19-21H2,1-8H3;2*7-16,29,32H,17-19H2,1-6H3;6-11,14,21,24H,12-13H2,1-5H3;5-11,14,20,23H,12-13H2,1-4H3. The molecule has 0 radical (unpaired) electrons. The molecule has 0 bridgehead atoms. The van der Waals surface area contributed by atoms with Crippen LogP contribution in [0.3, 0.4) is 0 Å². The molecule has 5 N–H and O–H groups in total. The number of ether oxygens (including phenoxy) is 10. The van der Waals surface area contributed by atoms with E-state index >= 15 is 0 Å². The molecule has 0 saturated heterocycles. The fourth-order valence-corrected chi connectivity index (χ4v) is 23.8. The molecule has 5 atom stereocenters. The van der Waals surface area contributed by atoms with Gasteiger partial charge in [-0.25, -0.2) is 0 Å². The number of aryl methyl sites for hydroxylation is 8. The zero-order valence-corrected chi connectivity index (χ0v) is 97.8. The summed E-state index contributed by atoms with van der Waals surface area (Å²) in [5.74, 6) is 4.74. The molecule has 15 nitrogen and oxygen atoms in total. The summed E-state index contributed by atoms with van der Waals surface area (Å²) in [7, 11) is 11.0. The summed E-state index contributed by atoms with van der Waals surface area (Å²) in [5.41, 5.74) is 26.0. The highest BCUT2D eigenvalue weighted by Crippen LogP contribution is 2.41. The Bertz CT molecular complexity index is 6080. The maximum absolute atomic E-state index is 6.27. The molecule has 13 aromatic carbocycles. The van der Waals surface area contributed by atoms with Gasteiger partial charge >= 0.3 is 0 Å². The van der Waals surface area contributed by atoms with Crippen LogP contribution in [0.4, 0.5) is 0 Å². The van der Waals surface area contributed by atoms with E-state index < -0.39 is 0 Å². The van der Waals surface area contributed by atoms with Crippen molar-refractivity contribution in [2.45, 2.75) is 252 Å². The first-order valence-corrected chi connectivity index (χ1v) is 56.0. The summed E-state index contributed by atoms with van der Waals surface area (Å²) in [4.78, 5) is 0. The average molecular weight is 2070 g/mol. The smallest absolute Gasteiger partial charge is 0.188 e. The fourth-order valence-electron chi connectivity index (χ4n) is 16.6. The van der Waals surface area contributed by atoms with Crippen molar-refractivity contribution in [1.82, 2.24) is 26.6 Å². The van der Waals surface area contributed by atoms with E-state index in [1.165, 1.54) is 153 Å². The second-order valence-corrected chi connectivity index (χ2v) is 48.4. The molecule has 20 heteroatoms. The van der Waals surface area contributed by atoms with Crippen molar-refractivity contribution in [1.29, 1.82) is 0 Å². The van der Waals surface area contributed by atoms with Crippen molar-refractivity contribution in [2.24, 2.45) is 0 Å². The topological polar surface area (TPSA) is 152 Å². The molecule has 5 unspecified atom stereocenters. The summed E-state index contributed by atoms with van der Waals surface area (Å²) in [6.45, 7) is 61.4. The zero-order valence-electron chi connectivity index (χ0n) is 92.8. The van der Waals surface area contributed by atoms with Crippen LogP contribution < -0.4 is 103 Å². The lowest BCUT2D eigenvalue weighted by Gasteiger charge is -2.29. The first kappa shape index (κ1) is 120. The third-order valence-electron chi connectivity index (χ3n) is 24.6. The number of nitrogens with one attached hydrogen (secondary N) is 5. The largest absolute Gasteiger partial charge is 0.467 e. The van der Waals surface area contributed by atoms with E-state index in [-0.39, 0.29) is 55.6 Å². The van der Waals surface area contributed by atoms with Gasteiger partial charge in [-0.05, 0) is 228 Å². The van der Waals surface area contributed by atoms with Crippen LogP contribution in [0.1, 0.15) is 222 Å². The number of benzene rings is 13. The highest BCUT2D eigenvalue weighted by molar-refractivity contribution is 7.57. The second-order valence-electron chi connectivity index (χ2n) is 42.0. The highest BCUT2D eigenvalue weighted by Gasteiger charge is 2.30. The number of methoxy groups -OCH3 is 5. The van der Waals surface area contributed by atoms with Crippen LogP contribution in [-0.4, -0.2) is 81.6 Å². The molecule has 782 valence electrons. The van der Waals surface area contributed by atoms with E-state index in [9.17, 15) is 0 Å². The van der Waals surface area contributed by atoms with Crippen LogP contribution in [0.5, 0.6) is 28.7 Å². The van der Waals surface area contributed by atoms with Gasteiger partial charge in [0, 0.05) is 138 Å². The molecule has 0 aliphatic carbocycles. The number of para-hydroxylation sites is 2. The number of hydrogen-bond acceptors (Lipinski definition) is 15. The van der Waals surface area contributed by atoms with Crippen molar-refractivity contribution in [2.75, 3.05) is 69.5 Å². The monoisotopic (exact) mass is 2070 g/mol. The van der Waals surface area contributed by atoms with E-state index in [2.05, 4.69) is 441 Å². The van der Waals surface area contributed by atoms with Crippen LogP contribution in [0.2, 0.25) is 0 Å². The molecule has 13 aromatic rings. The van der Waals surface area contributed by atoms with Gasteiger partial charge in [0.15, 0.2) is 34.0 Å². The van der Waals surface area contributed by atoms with Gasteiger partial charge in [0.2, 0.25) is 0 Å². The minimum atomic E-state index is -0.0463. The molecule has 0 spiro atoms. The Hall–Kier alpha value is -9.39. The van der Waals surface area contributed by atoms with E-state index in [4.69, 9.17) is 47.4 Å². The fraction of sp³-hybridized carbons (Fsp3) is 0.381. The Kier molecular flexibility index (Phi) is 49.7. The van der Waals surface area contributed by atoms with Gasteiger partial charge in [-0.1, -0.05) is 390 Å². The van der Waals surface area contributed by atoms with Crippen LogP contribution in [-0.2, 0) is 97.7 Å². The first-order valence-electron chi connectivity index (χ1n) is 51.0. The van der Waals surface area contributed by atoms with Crippen molar-refractivity contribution in [3.8, 4) is 28.7 Å². The van der Waals surface area contributed by atoms with E-state index in [0.717, 1.165) is 92.2 Å². The van der Waals surface area contributed by atoms with Crippen molar-refractivity contribution in [3.63, 3.8) is 0 Å². The quantitative estimate of drug-likeness (QED) is 0.0182. The van der Waals surface area contributed by atoms with Gasteiger partial charge in [-0.15, -0.1) is 0 Å². The lowest BCUT2D eigenvalue weighted by Crippen LogP contribution is -2.25. The number of hydrogen-bond donors (Lipinski definition) is 5. The maximum Gasteiger partial charge on any atom is 0.188 e. The predicted octanol–water partition coefficient (Wildman–Crippen LogP) is 24.0. The molecule has 0 saturated carbocycles. The second kappa shape index (κ2) is 60.5. The molecule has 146 heavy (non-hydrogen) atoms. The van der Waals surface area contributed by atoms with Crippen molar-refractivity contribution in [3.05, 3.63) is 372 Å². The first-order chi connectivity index (χ1) is 69.7. The lowest BCUT2D eigenvalue weighted by atomic mass is 9.80. The van der Waals surface area contributed by atoms with Gasteiger partial charge in [0.1, 0.15) is 28.7 Å². The van der Waals surface area contributed by atoms with Gasteiger partial charge in [-0.2, -0.15) is 0 Å². The molecular weight excluding hydrogens is 1900 g/mol. The highest BCUT2D eigenvalue weighted by atomic mass is 31.1. The molecule has 0 aliphatic rings. The third kappa shape index (κ3) is 38.6. The lowest BCUT2D eigenvalue weighted by molar-refractivity contribution is 0.0504. The van der Waals surface area contributed by atoms with Crippen molar-refractivity contribution < 1.29 is 47.4 Å². The Labute approximate surface area is 886 Å². The summed E-state index contributed by atoms with van der Waals surface area (Å²) in [6, 6.07) is 93.8. The Morgan fingerprint density at radius 2 is 0.521 bits per heavy atom. The van der Waals surface area contributed by atoms with Gasteiger partial charge in [-0.3, -0.25) is 0 Å². The van der Waals surface area contributed by atoms with Crippen molar-refractivity contribution >= 4 is 95.9 Å². The molecule has 0 aliphatic heterocycles. The minimum Gasteiger partial charge on any atom is -0.467 e. The molecule has 13 rings (SSSR count). The Morgan fingerprint density at radius 1 is 0.240 bits per heavy atom. The SMILES string of the molecule is COCOc1c(C)cc(C(C)(C)C)cc1Pc1c(C)cccc1CNCc1ccccc1.COCOc1c(C)cccc1Pc1c(C)cccc1CNC(C)C.COCOc1c(Pc2c(C)cccc2CNCc2ccccc2)cc(C(C)(C)C)cc1C(C)(C)C.COCOc1c(Pc2c(C)cccc2CNCc2ccccc2)cc(C)cc1C(C)(C)C.COCOc1ccccc1Pc1c(C)cccc1CNC(C)C. The zero-order chi connectivity index (χ0) is 106.